The Bertz CT molecular complexity index is 1350. The highest BCUT2D eigenvalue weighted by molar-refractivity contribution is 6.14. The molecular weight excluding hydrogens is 484 g/mol. The second kappa shape index (κ2) is 7.45. The molecule has 35 heavy (non-hydrogen) atoms. The lowest BCUT2D eigenvalue weighted by atomic mass is 9.72. The summed E-state index contributed by atoms with van der Waals surface area (Å²) in [4.78, 5) is 29.5. The van der Waals surface area contributed by atoms with Gasteiger partial charge in [-0.05, 0) is 30.3 Å². The Morgan fingerprint density at radius 1 is 1.00 bits per heavy atom. The Labute approximate surface area is 191 Å². The number of hydrogen-bond donors (Lipinski definition) is 2. The molecule has 2 N–H and O–H groups in total. The summed E-state index contributed by atoms with van der Waals surface area (Å²) in [6.07, 6.45) is -7.99. The van der Waals surface area contributed by atoms with Crippen LogP contribution in [0.25, 0.3) is 0 Å². The number of pyridine rings is 1. The van der Waals surface area contributed by atoms with E-state index in [-0.39, 0.29) is 34.9 Å². The Kier molecular flexibility index (Phi) is 4.83. The first kappa shape index (κ1) is 22.7. The zero-order valence-corrected chi connectivity index (χ0v) is 17.3. The third-order valence-electron chi connectivity index (χ3n) is 5.77. The molecule has 1 unspecified atom stereocenters. The lowest BCUT2D eigenvalue weighted by molar-refractivity contribution is -0.274. The van der Waals surface area contributed by atoms with Gasteiger partial charge >= 0.3 is 12.5 Å². The van der Waals surface area contributed by atoms with Gasteiger partial charge in [0.2, 0.25) is 11.8 Å². The number of hydrogen-bond acceptors (Lipinski definition) is 5. The van der Waals surface area contributed by atoms with Crippen molar-refractivity contribution in [2.24, 2.45) is 0 Å². The van der Waals surface area contributed by atoms with Crippen molar-refractivity contribution in [2.75, 3.05) is 10.6 Å². The topological polar surface area (TPSA) is 98.1 Å². The molecule has 5 rings (SSSR count). The fraction of sp³-hybridized carbons (Fsp3) is 0.238. The summed E-state index contributed by atoms with van der Waals surface area (Å²) in [7, 11) is 0. The number of amides is 2. The predicted octanol–water partition coefficient (Wildman–Crippen LogP) is 3.82. The molecule has 8 nitrogen and oxygen atoms in total. The molecule has 1 spiro atoms. The first-order chi connectivity index (χ1) is 16.4. The van der Waals surface area contributed by atoms with Crippen LogP contribution in [0.2, 0.25) is 0 Å². The molecule has 2 aliphatic rings. The van der Waals surface area contributed by atoms with Crippen LogP contribution in [0.1, 0.15) is 28.8 Å². The van der Waals surface area contributed by atoms with E-state index < -0.39 is 47.5 Å². The van der Waals surface area contributed by atoms with E-state index in [1.54, 1.807) is 0 Å². The molecule has 0 bridgehead atoms. The minimum Gasteiger partial charge on any atom is -0.406 e. The van der Waals surface area contributed by atoms with Gasteiger partial charge in [-0.25, -0.2) is 4.68 Å². The molecule has 0 radical (unpaired) electrons. The second-order valence-corrected chi connectivity index (χ2v) is 7.94. The largest absolute Gasteiger partial charge is 0.573 e. The normalized spacial score (nSPS) is 19.3. The van der Waals surface area contributed by atoms with E-state index in [0.29, 0.717) is 6.20 Å². The van der Waals surface area contributed by atoms with Crippen LogP contribution in [-0.2, 0) is 27.7 Å². The number of nitrogens with zero attached hydrogens (tertiary/aromatic N) is 3. The number of halogens is 6. The van der Waals surface area contributed by atoms with Crippen LogP contribution in [-0.4, -0.2) is 32.9 Å². The highest BCUT2D eigenvalue weighted by Gasteiger charge is 2.54. The molecule has 1 atom stereocenters. The van der Waals surface area contributed by atoms with E-state index in [9.17, 15) is 35.9 Å². The van der Waals surface area contributed by atoms with E-state index in [4.69, 9.17) is 0 Å². The van der Waals surface area contributed by atoms with Crippen molar-refractivity contribution in [3.8, 4) is 5.75 Å². The van der Waals surface area contributed by atoms with Crippen LogP contribution in [0.3, 0.4) is 0 Å². The van der Waals surface area contributed by atoms with Gasteiger partial charge in [0.05, 0.1) is 24.0 Å². The van der Waals surface area contributed by atoms with Crippen molar-refractivity contribution in [3.63, 3.8) is 0 Å². The summed E-state index contributed by atoms with van der Waals surface area (Å²) >= 11 is 0. The van der Waals surface area contributed by atoms with E-state index in [1.807, 2.05) is 0 Å². The zero-order chi connectivity index (χ0) is 25.2. The minimum atomic E-state index is -4.97. The Morgan fingerprint density at radius 2 is 1.77 bits per heavy atom. The van der Waals surface area contributed by atoms with Crippen LogP contribution in [0.5, 0.6) is 5.75 Å². The van der Waals surface area contributed by atoms with Gasteiger partial charge in [-0.3, -0.25) is 14.6 Å². The summed E-state index contributed by atoms with van der Waals surface area (Å²) in [6.45, 7) is -0.143. The van der Waals surface area contributed by atoms with E-state index >= 15 is 0 Å². The summed E-state index contributed by atoms with van der Waals surface area (Å²) in [5.41, 5.74) is -1.90. The highest BCUT2D eigenvalue weighted by Crippen LogP contribution is 2.51. The standard InChI is InChI=1S/C21H13F6N5O3/c22-20(23,24)10-1-2-11(28-7-10)9-32-17-14(8-29-32)19(6-16(33)31-17)13-5-12(35-21(25,26)27)3-4-15(13)30-18(19)34/h1-5,7-8H,6,9H2,(H,30,34)(H,31,33). The van der Waals surface area contributed by atoms with Crippen LogP contribution in [0.4, 0.5) is 37.8 Å². The fourth-order valence-corrected chi connectivity index (χ4v) is 4.28. The molecular formula is C21H13F6N5O3. The van der Waals surface area contributed by atoms with Crippen molar-refractivity contribution < 1.29 is 40.7 Å². The number of fused-ring (bicyclic) bond motifs is 4. The fourth-order valence-electron chi connectivity index (χ4n) is 4.28. The third kappa shape index (κ3) is 3.84. The summed E-state index contributed by atoms with van der Waals surface area (Å²) < 4.78 is 81.9. The Morgan fingerprint density at radius 3 is 2.43 bits per heavy atom. The monoisotopic (exact) mass is 497 g/mol. The maximum atomic E-state index is 13.1. The Balaban J connectivity index is 1.55. The van der Waals surface area contributed by atoms with Crippen molar-refractivity contribution in [1.82, 2.24) is 14.8 Å². The van der Waals surface area contributed by atoms with Gasteiger partial charge in [0, 0.05) is 29.4 Å². The molecule has 2 amide bonds. The lowest BCUT2D eigenvalue weighted by Gasteiger charge is -2.31. The SMILES string of the molecule is O=C1CC2(C(=O)Nc3ccc(OC(F)(F)F)cc32)c2cnn(Cc3ccc(C(F)(F)F)cn3)c2N1. The average Bonchev–Trinajstić information content (AvgIpc) is 3.26. The molecule has 0 saturated heterocycles. The van der Waals surface area contributed by atoms with Crippen molar-refractivity contribution in [1.29, 1.82) is 0 Å². The van der Waals surface area contributed by atoms with Gasteiger partial charge < -0.3 is 15.4 Å². The molecule has 0 saturated carbocycles. The van der Waals surface area contributed by atoms with Gasteiger partial charge in [-0.15, -0.1) is 13.2 Å². The summed E-state index contributed by atoms with van der Waals surface area (Å²) in [6, 6.07) is 5.32. The van der Waals surface area contributed by atoms with Gasteiger partial charge in [0.15, 0.2) is 0 Å². The van der Waals surface area contributed by atoms with Gasteiger partial charge in [0.25, 0.3) is 0 Å². The minimum absolute atomic E-state index is 0.0769. The predicted molar refractivity (Wildman–Crippen MR) is 106 cm³/mol. The third-order valence-corrected chi connectivity index (χ3v) is 5.77. The lowest BCUT2D eigenvalue weighted by Crippen LogP contribution is -2.43. The highest BCUT2D eigenvalue weighted by atomic mass is 19.4. The number of anilines is 2. The first-order valence-corrected chi connectivity index (χ1v) is 9.97. The van der Waals surface area contributed by atoms with Crippen LogP contribution >= 0.6 is 0 Å². The maximum absolute atomic E-state index is 13.1. The average molecular weight is 497 g/mol. The summed E-state index contributed by atoms with van der Waals surface area (Å²) in [5, 5.41) is 9.31. The quantitative estimate of drug-likeness (QED) is 0.537. The number of carbonyl (C=O) groups excluding carboxylic acids is 2. The molecule has 182 valence electrons. The Hall–Kier alpha value is -4.10. The van der Waals surface area contributed by atoms with Crippen LogP contribution < -0.4 is 15.4 Å². The zero-order valence-electron chi connectivity index (χ0n) is 17.3. The number of rotatable bonds is 3. The van der Waals surface area contributed by atoms with E-state index in [2.05, 4.69) is 25.5 Å². The number of ether oxygens (including phenoxy) is 1. The van der Waals surface area contributed by atoms with Gasteiger partial charge in [-0.2, -0.15) is 18.3 Å². The number of nitrogens with one attached hydrogen (secondary N) is 2. The molecule has 0 aliphatic carbocycles. The molecule has 1 aromatic carbocycles. The number of benzene rings is 1. The molecule has 2 aliphatic heterocycles. The second-order valence-electron chi connectivity index (χ2n) is 7.94. The van der Waals surface area contributed by atoms with Crippen LogP contribution in [0.15, 0.2) is 42.7 Å². The van der Waals surface area contributed by atoms with E-state index in [0.717, 1.165) is 24.3 Å². The number of aromatic nitrogens is 3. The molecule has 2 aromatic heterocycles. The molecule has 0 fully saturated rings. The summed E-state index contributed by atoms with van der Waals surface area (Å²) in [5.74, 6) is -1.74. The van der Waals surface area contributed by atoms with Crippen LogP contribution in [0, 0.1) is 0 Å². The van der Waals surface area contributed by atoms with Gasteiger partial charge in [-0.1, -0.05) is 0 Å². The van der Waals surface area contributed by atoms with Gasteiger partial charge in [0.1, 0.15) is 17.0 Å². The smallest absolute Gasteiger partial charge is 0.406 e. The van der Waals surface area contributed by atoms with E-state index in [1.165, 1.54) is 16.9 Å². The van der Waals surface area contributed by atoms with Crippen molar-refractivity contribution >= 4 is 23.3 Å². The molecule has 14 heteroatoms. The van der Waals surface area contributed by atoms with Crippen molar-refractivity contribution in [3.05, 3.63) is 65.1 Å². The molecule has 4 heterocycles. The number of carbonyl (C=O) groups is 2. The number of alkyl halides is 6. The molecule has 3 aromatic rings. The maximum Gasteiger partial charge on any atom is 0.573 e. The first-order valence-electron chi connectivity index (χ1n) is 9.97. The van der Waals surface area contributed by atoms with Crippen molar-refractivity contribution in [2.45, 2.75) is 30.9 Å².